The van der Waals surface area contributed by atoms with Crippen LogP contribution in [0.15, 0.2) is 30.3 Å². The molecule has 0 unspecified atom stereocenters. The Hall–Kier alpha value is -0.430. The average Bonchev–Trinajstić information content (AvgIpc) is 2.20. The first-order valence-corrected chi connectivity index (χ1v) is 7.38. The molecular formula is C11H19O2P. The van der Waals surface area contributed by atoms with Crippen LogP contribution in [0.4, 0.5) is 0 Å². The van der Waals surface area contributed by atoms with Crippen LogP contribution in [0.5, 0.6) is 0 Å². The Balaban J connectivity index is 2.87. The Bertz CT molecular complexity index is 255. The molecule has 80 valence electrons. The van der Waals surface area contributed by atoms with Crippen LogP contribution in [0.3, 0.4) is 0 Å². The van der Waals surface area contributed by atoms with E-state index in [1.165, 1.54) is 5.30 Å². The summed E-state index contributed by atoms with van der Waals surface area (Å²) in [4.78, 5) is 0. The molecule has 0 saturated carbocycles. The van der Waals surface area contributed by atoms with Crippen molar-refractivity contribution in [1.29, 1.82) is 0 Å². The van der Waals surface area contributed by atoms with Gasteiger partial charge in [-0.2, -0.15) is 0 Å². The van der Waals surface area contributed by atoms with Crippen LogP contribution in [-0.2, 0) is 9.05 Å². The van der Waals surface area contributed by atoms with Gasteiger partial charge in [-0.05, 0) is 0 Å². The number of hydrogen-bond acceptors (Lipinski definition) is 2. The molecular weight excluding hydrogens is 195 g/mol. The summed E-state index contributed by atoms with van der Waals surface area (Å²) in [6, 6.07) is 10.2. The van der Waals surface area contributed by atoms with Gasteiger partial charge in [0.25, 0.3) is 0 Å². The Morgan fingerprint density at radius 3 is 1.93 bits per heavy atom. The second-order valence-electron chi connectivity index (χ2n) is 3.18. The topological polar surface area (TPSA) is 18.5 Å². The third kappa shape index (κ3) is 2.78. The summed E-state index contributed by atoms with van der Waals surface area (Å²) in [6.45, 7) is 7.52. The summed E-state index contributed by atoms with van der Waals surface area (Å²) < 4.78 is 11.5. The molecule has 0 atom stereocenters. The van der Waals surface area contributed by atoms with Crippen molar-refractivity contribution in [3.63, 3.8) is 0 Å². The molecule has 1 aromatic carbocycles. The number of benzene rings is 1. The van der Waals surface area contributed by atoms with Gasteiger partial charge in [0.05, 0.1) is 0 Å². The monoisotopic (exact) mass is 214 g/mol. The first kappa shape index (κ1) is 11.6. The Labute approximate surface area is 86.7 Å². The number of hydrogen-bond donors (Lipinski definition) is 0. The molecule has 0 amide bonds. The van der Waals surface area contributed by atoms with E-state index in [4.69, 9.17) is 9.05 Å². The van der Waals surface area contributed by atoms with Crippen LogP contribution >= 0.6 is 7.72 Å². The van der Waals surface area contributed by atoms with Gasteiger partial charge < -0.3 is 0 Å². The van der Waals surface area contributed by atoms with E-state index in [2.05, 4.69) is 18.8 Å². The zero-order valence-corrected chi connectivity index (χ0v) is 10.1. The van der Waals surface area contributed by atoms with E-state index in [0.717, 1.165) is 0 Å². The molecule has 0 aliphatic carbocycles. The van der Waals surface area contributed by atoms with Crippen molar-refractivity contribution in [3.8, 4) is 0 Å². The van der Waals surface area contributed by atoms with E-state index in [9.17, 15) is 0 Å². The van der Waals surface area contributed by atoms with Gasteiger partial charge in [-0.15, -0.1) is 0 Å². The van der Waals surface area contributed by atoms with Crippen LogP contribution in [0.2, 0.25) is 0 Å². The fourth-order valence-corrected chi connectivity index (χ4v) is 3.82. The molecule has 0 fully saturated rings. The van der Waals surface area contributed by atoms with Crippen molar-refractivity contribution in [3.05, 3.63) is 30.3 Å². The van der Waals surface area contributed by atoms with Crippen LogP contribution in [-0.4, -0.2) is 19.9 Å². The van der Waals surface area contributed by atoms with E-state index in [-0.39, 0.29) is 0 Å². The van der Waals surface area contributed by atoms with Crippen molar-refractivity contribution < 1.29 is 9.05 Å². The normalized spacial score (nSPS) is 12.8. The Morgan fingerprint density at radius 2 is 1.50 bits per heavy atom. The van der Waals surface area contributed by atoms with Crippen molar-refractivity contribution in [1.82, 2.24) is 0 Å². The summed E-state index contributed by atoms with van der Waals surface area (Å²) in [5.41, 5.74) is 0. The molecule has 0 N–H and O–H groups in total. The van der Waals surface area contributed by atoms with Gasteiger partial charge >= 0.3 is 86.1 Å². The van der Waals surface area contributed by atoms with E-state index >= 15 is 0 Å². The standard InChI is InChI=1S/C11H19O2P/c1-4-12-14(3,13-5-2)11-9-7-6-8-10-11/h6-10,14H,4-5H2,1-3H3. The minimum absolute atomic E-state index is 0.706. The second kappa shape index (κ2) is 5.45. The molecule has 0 spiro atoms. The molecule has 0 aromatic heterocycles. The molecule has 0 aliphatic rings. The zero-order chi connectivity index (χ0) is 10.4. The summed E-state index contributed by atoms with van der Waals surface area (Å²) in [6.07, 6.45) is 0. The molecule has 0 bridgehead atoms. The summed E-state index contributed by atoms with van der Waals surface area (Å²) >= 11 is 0. The Morgan fingerprint density at radius 1 is 1.00 bits per heavy atom. The summed E-state index contributed by atoms with van der Waals surface area (Å²) in [7, 11) is -2.13. The second-order valence-corrected chi connectivity index (χ2v) is 6.22. The van der Waals surface area contributed by atoms with Crippen molar-refractivity contribution in [2.45, 2.75) is 13.8 Å². The molecule has 1 rings (SSSR count). The molecule has 0 heterocycles. The molecule has 1 aromatic rings. The van der Waals surface area contributed by atoms with Gasteiger partial charge in [-0.1, -0.05) is 0 Å². The van der Waals surface area contributed by atoms with Crippen molar-refractivity contribution in [2.24, 2.45) is 0 Å². The van der Waals surface area contributed by atoms with Gasteiger partial charge in [-0.3, -0.25) is 0 Å². The fourth-order valence-electron chi connectivity index (χ4n) is 1.50. The average molecular weight is 214 g/mol. The van der Waals surface area contributed by atoms with Gasteiger partial charge in [0.15, 0.2) is 0 Å². The van der Waals surface area contributed by atoms with E-state index in [1.807, 2.05) is 32.0 Å². The Kier molecular flexibility index (Phi) is 4.53. The number of rotatable bonds is 5. The maximum atomic E-state index is 5.77. The SMILES string of the molecule is CCO[PH](C)(OCC)c1ccccc1. The third-order valence-electron chi connectivity index (χ3n) is 2.14. The van der Waals surface area contributed by atoms with Crippen LogP contribution in [0.1, 0.15) is 13.8 Å². The maximum absolute atomic E-state index is 5.77. The summed E-state index contributed by atoms with van der Waals surface area (Å²) in [5.74, 6) is 0. The quantitative estimate of drug-likeness (QED) is 0.701. The molecule has 0 saturated heterocycles. The summed E-state index contributed by atoms with van der Waals surface area (Å²) in [5, 5.41) is 1.20. The van der Waals surface area contributed by atoms with E-state index < -0.39 is 7.72 Å². The predicted molar refractivity (Wildman–Crippen MR) is 63.6 cm³/mol. The predicted octanol–water partition coefficient (Wildman–Crippen LogP) is 2.59. The molecule has 0 aliphatic heterocycles. The molecule has 14 heavy (non-hydrogen) atoms. The van der Waals surface area contributed by atoms with Crippen molar-refractivity contribution in [2.75, 3.05) is 19.9 Å². The fraction of sp³-hybridized carbons (Fsp3) is 0.455. The zero-order valence-electron chi connectivity index (χ0n) is 9.12. The van der Waals surface area contributed by atoms with Crippen LogP contribution in [0.25, 0.3) is 0 Å². The van der Waals surface area contributed by atoms with E-state index in [1.54, 1.807) is 0 Å². The van der Waals surface area contributed by atoms with Gasteiger partial charge in [-0.25, -0.2) is 0 Å². The molecule has 3 heteroatoms. The minimum atomic E-state index is -2.13. The molecule has 0 radical (unpaired) electrons. The van der Waals surface area contributed by atoms with Crippen LogP contribution in [0, 0.1) is 0 Å². The first-order valence-electron chi connectivity index (χ1n) is 5.06. The third-order valence-corrected chi connectivity index (χ3v) is 5.20. The first-order chi connectivity index (χ1) is 6.73. The van der Waals surface area contributed by atoms with Crippen LogP contribution < -0.4 is 5.30 Å². The van der Waals surface area contributed by atoms with E-state index in [0.29, 0.717) is 13.2 Å². The van der Waals surface area contributed by atoms with Gasteiger partial charge in [0.2, 0.25) is 0 Å². The van der Waals surface area contributed by atoms with Gasteiger partial charge in [0.1, 0.15) is 0 Å². The molecule has 2 nitrogen and oxygen atoms in total. The van der Waals surface area contributed by atoms with Crippen molar-refractivity contribution >= 4 is 13.0 Å². The van der Waals surface area contributed by atoms with Gasteiger partial charge in [0, 0.05) is 0 Å².